The van der Waals surface area contributed by atoms with E-state index in [0.717, 1.165) is 17.0 Å². The normalized spacial score (nSPS) is 10.7. The summed E-state index contributed by atoms with van der Waals surface area (Å²) in [6.07, 6.45) is 0.164. The van der Waals surface area contributed by atoms with Gasteiger partial charge in [0.1, 0.15) is 5.82 Å². The van der Waals surface area contributed by atoms with E-state index in [9.17, 15) is 9.18 Å². The van der Waals surface area contributed by atoms with Crippen LogP contribution in [0.25, 0.3) is 0 Å². The minimum Gasteiger partial charge on any atom is -0.294 e. The molecule has 0 aliphatic rings. The van der Waals surface area contributed by atoms with Crippen molar-refractivity contribution in [2.24, 2.45) is 7.05 Å². The lowest BCUT2D eigenvalue weighted by molar-refractivity contribution is 0.0987. The minimum absolute atomic E-state index is 0.138. The number of aromatic nitrogens is 2. The Morgan fingerprint density at radius 1 is 1.33 bits per heavy atom. The van der Waals surface area contributed by atoms with Gasteiger partial charge in [-0.3, -0.25) is 9.48 Å². The Hall–Kier alpha value is -1.97. The van der Waals surface area contributed by atoms with Crippen molar-refractivity contribution in [1.29, 1.82) is 0 Å². The van der Waals surface area contributed by atoms with Gasteiger partial charge in [0.25, 0.3) is 0 Å². The van der Waals surface area contributed by atoms with Gasteiger partial charge in [-0.15, -0.1) is 0 Å². The molecule has 1 aromatic heterocycles. The maximum absolute atomic E-state index is 13.7. The second kappa shape index (κ2) is 4.72. The van der Waals surface area contributed by atoms with Crippen LogP contribution in [0, 0.1) is 19.7 Å². The number of ketones is 1. The van der Waals surface area contributed by atoms with Crippen molar-refractivity contribution in [3.05, 3.63) is 52.6 Å². The molecule has 0 aliphatic carbocycles. The average Bonchev–Trinajstić information content (AvgIpc) is 2.57. The van der Waals surface area contributed by atoms with Gasteiger partial charge in [-0.1, -0.05) is 6.07 Å². The van der Waals surface area contributed by atoms with E-state index < -0.39 is 5.82 Å². The minimum atomic E-state index is -0.459. The van der Waals surface area contributed by atoms with Crippen molar-refractivity contribution in [2.45, 2.75) is 20.3 Å². The number of aryl methyl sites for hydroxylation is 3. The monoisotopic (exact) mass is 246 g/mol. The lowest BCUT2D eigenvalue weighted by atomic mass is 10.0. The highest BCUT2D eigenvalue weighted by Gasteiger charge is 2.14. The van der Waals surface area contributed by atoms with Crippen molar-refractivity contribution in [2.75, 3.05) is 0 Å². The highest BCUT2D eigenvalue weighted by Crippen LogP contribution is 2.13. The van der Waals surface area contributed by atoms with E-state index >= 15 is 0 Å². The fraction of sp³-hybridized carbons (Fsp3) is 0.286. The molecule has 0 radical (unpaired) electrons. The molecule has 0 unspecified atom stereocenters. The highest BCUT2D eigenvalue weighted by molar-refractivity contribution is 5.97. The smallest absolute Gasteiger partial charge is 0.171 e. The van der Waals surface area contributed by atoms with Crippen molar-refractivity contribution in [3.8, 4) is 0 Å². The zero-order chi connectivity index (χ0) is 13.3. The largest absolute Gasteiger partial charge is 0.294 e. The number of carbonyl (C=O) groups is 1. The van der Waals surface area contributed by atoms with Gasteiger partial charge in [-0.2, -0.15) is 5.10 Å². The van der Waals surface area contributed by atoms with Gasteiger partial charge in [0, 0.05) is 12.7 Å². The van der Waals surface area contributed by atoms with Crippen molar-refractivity contribution < 1.29 is 9.18 Å². The Bertz CT molecular complexity index is 602. The van der Waals surface area contributed by atoms with Crippen LogP contribution in [0.15, 0.2) is 24.3 Å². The summed E-state index contributed by atoms with van der Waals surface area (Å²) < 4.78 is 15.3. The van der Waals surface area contributed by atoms with Crippen LogP contribution in [0.2, 0.25) is 0 Å². The number of hydrogen-bond acceptors (Lipinski definition) is 2. The maximum Gasteiger partial charge on any atom is 0.171 e. The second-order valence-electron chi connectivity index (χ2n) is 4.48. The molecule has 0 amide bonds. The molecule has 0 aliphatic heterocycles. The van der Waals surface area contributed by atoms with E-state index in [1.807, 2.05) is 13.0 Å². The Balaban J connectivity index is 2.24. The van der Waals surface area contributed by atoms with Gasteiger partial charge >= 0.3 is 0 Å². The molecule has 0 saturated heterocycles. The SMILES string of the molecule is Cc1ccc(C(=O)Cc2cc(C)nn2C)c(F)c1. The topological polar surface area (TPSA) is 34.9 Å². The van der Waals surface area contributed by atoms with E-state index in [-0.39, 0.29) is 17.8 Å². The molecule has 0 bridgehead atoms. The van der Waals surface area contributed by atoms with Crippen molar-refractivity contribution in [3.63, 3.8) is 0 Å². The molecular weight excluding hydrogens is 231 g/mol. The van der Waals surface area contributed by atoms with Gasteiger partial charge < -0.3 is 0 Å². The lowest BCUT2D eigenvalue weighted by Gasteiger charge is -2.04. The molecule has 0 saturated carbocycles. The van der Waals surface area contributed by atoms with E-state index in [4.69, 9.17) is 0 Å². The molecule has 2 rings (SSSR count). The fourth-order valence-electron chi connectivity index (χ4n) is 1.94. The number of halogens is 1. The van der Waals surface area contributed by atoms with Gasteiger partial charge in [0.2, 0.25) is 0 Å². The third kappa shape index (κ3) is 2.47. The molecule has 0 N–H and O–H groups in total. The second-order valence-corrected chi connectivity index (χ2v) is 4.48. The van der Waals surface area contributed by atoms with Crippen molar-refractivity contribution in [1.82, 2.24) is 9.78 Å². The summed E-state index contributed by atoms with van der Waals surface area (Å²) in [4.78, 5) is 12.0. The molecular formula is C14H15FN2O. The summed E-state index contributed by atoms with van der Waals surface area (Å²) in [6.45, 7) is 3.66. The number of Topliss-reactive ketones (excluding diaryl/α,β-unsaturated/α-hetero) is 1. The molecule has 94 valence electrons. The molecule has 3 nitrogen and oxygen atoms in total. The average molecular weight is 246 g/mol. The van der Waals surface area contributed by atoms with E-state index in [1.165, 1.54) is 12.1 Å². The Labute approximate surface area is 105 Å². The molecule has 0 spiro atoms. The van der Waals surface area contributed by atoms with Gasteiger partial charge in [0.15, 0.2) is 5.78 Å². The van der Waals surface area contributed by atoms with Crippen LogP contribution in [0.3, 0.4) is 0 Å². The van der Waals surface area contributed by atoms with E-state index in [0.29, 0.717) is 0 Å². The van der Waals surface area contributed by atoms with Crippen LogP contribution >= 0.6 is 0 Å². The standard InChI is InChI=1S/C14H15FN2O/c1-9-4-5-12(13(15)6-9)14(18)8-11-7-10(2)16-17(11)3/h4-7H,8H2,1-3H3. The summed E-state index contributed by atoms with van der Waals surface area (Å²) in [5.74, 6) is -0.686. The van der Waals surface area contributed by atoms with Crippen LogP contribution in [-0.2, 0) is 13.5 Å². The first-order chi connectivity index (χ1) is 8.47. The van der Waals surface area contributed by atoms with Crippen LogP contribution in [0.4, 0.5) is 4.39 Å². The predicted molar refractivity (Wildman–Crippen MR) is 67.1 cm³/mol. The molecule has 0 atom stereocenters. The predicted octanol–water partition coefficient (Wildman–Crippen LogP) is 2.60. The number of benzene rings is 1. The quantitative estimate of drug-likeness (QED) is 0.780. The van der Waals surface area contributed by atoms with Crippen LogP contribution in [-0.4, -0.2) is 15.6 Å². The lowest BCUT2D eigenvalue weighted by Crippen LogP contribution is -2.09. The first-order valence-electron chi connectivity index (χ1n) is 5.76. The van der Waals surface area contributed by atoms with Gasteiger partial charge in [0.05, 0.1) is 17.7 Å². The molecule has 18 heavy (non-hydrogen) atoms. The fourth-order valence-corrected chi connectivity index (χ4v) is 1.94. The molecule has 1 aromatic carbocycles. The van der Waals surface area contributed by atoms with Crippen LogP contribution in [0.1, 0.15) is 27.3 Å². The Kier molecular flexibility index (Phi) is 3.28. The van der Waals surface area contributed by atoms with E-state index in [1.54, 1.807) is 24.7 Å². The number of carbonyl (C=O) groups excluding carboxylic acids is 1. The van der Waals surface area contributed by atoms with Crippen LogP contribution < -0.4 is 0 Å². The number of nitrogens with zero attached hydrogens (tertiary/aromatic N) is 2. The Morgan fingerprint density at radius 2 is 2.06 bits per heavy atom. The number of hydrogen-bond donors (Lipinski definition) is 0. The zero-order valence-electron chi connectivity index (χ0n) is 10.7. The molecule has 4 heteroatoms. The maximum atomic E-state index is 13.7. The van der Waals surface area contributed by atoms with Crippen LogP contribution in [0.5, 0.6) is 0 Å². The third-order valence-electron chi connectivity index (χ3n) is 2.87. The number of rotatable bonds is 3. The third-order valence-corrected chi connectivity index (χ3v) is 2.87. The van der Waals surface area contributed by atoms with Gasteiger partial charge in [-0.05, 0) is 37.6 Å². The van der Waals surface area contributed by atoms with Gasteiger partial charge in [-0.25, -0.2) is 4.39 Å². The Morgan fingerprint density at radius 3 is 2.61 bits per heavy atom. The van der Waals surface area contributed by atoms with Crippen molar-refractivity contribution >= 4 is 5.78 Å². The first kappa shape index (κ1) is 12.5. The summed E-state index contributed by atoms with van der Waals surface area (Å²) in [6, 6.07) is 6.49. The molecule has 0 fully saturated rings. The zero-order valence-corrected chi connectivity index (χ0v) is 10.7. The highest BCUT2D eigenvalue weighted by atomic mass is 19.1. The summed E-state index contributed by atoms with van der Waals surface area (Å²) in [5, 5.41) is 4.17. The summed E-state index contributed by atoms with van der Waals surface area (Å²) in [7, 11) is 1.78. The molecule has 2 aromatic rings. The summed E-state index contributed by atoms with van der Waals surface area (Å²) >= 11 is 0. The summed E-state index contributed by atoms with van der Waals surface area (Å²) in [5.41, 5.74) is 2.59. The van der Waals surface area contributed by atoms with E-state index in [2.05, 4.69) is 5.10 Å². The first-order valence-corrected chi connectivity index (χ1v) is 5.76. The molecule has 1 heterocycles.